The number of unbranched alkanes of at least 4 members (excludes halogenated alkanes) is 1. The number of anilines is 1. The van der Waals surface area contributed by atoms with Crippen LogP contribution in [0.15, 0.2) is 12.4 Å². The smallest absolute Gasteiger partial charge is 0.274 e. The van der Waals surface area contributed by atoms with Gasteiger partial charge >= 0.3 is 0 Å². The molecule has 1 aromatic heterocycles. The maximum atomic E-state index is 12.4. The molecular formula is C15H25N5O. The van der Waals surface area contributed by atoms with Crippen LogP contribution in [0.2, 0.25) is 0 Å². The average molecular weight is 291 g/mol. The second kappa shape index (κ2) is 7.93. The summed E-state index contributed by atoms with van der Waals surface area (Å²) in [5, 5.41) is 3.20. The molecule has 2 heterocycles. The van der Waals surface area contributed by atoms with Gasteiger partial charge in [-0.2, -0.15) is 0 Å². The first kappa shape index (κ1) is 15.7. The lowest BCUT2D eigenvalue weighted by Gasteiger charge is -2.33. The van der Waals surface area contributed by atoms with Gasteiger partial charge in [-0.25, -0.2) is 9.97 Å². The quantitative estimate of drug-likeness (QED) is 0.804. The van der Waals surface area contributed by atoms with Gasteiger partial charge in [-0.15, -0.1) is 0 Å². The highest BCUT2D eigenvalue weighted by atomic mass is 16.2. The van der Waals surface area contributed by atoms with Crippen LogP contribution in [0.25, 0.3) is 0 Å². The Morgan fingerprint density at radius 3 is 2.52 bits per heavy atom. The third-order valence-electron chi connectivity index (χ3n) is 3.81. The standard InChI is InChI=1S/C15H25N5O/c1-3-5-6-16-14-12-17-13(11-18-14)15(21)20-9-7-19(4-2)8-10-20/h11-12H,3-10H2,1-2H3,(H,16,18). The summed E-state index contributed by atoms with van der Waals surface area (Å²) >= 11 is 0. The van der Waals surface area contributed by atoms with Crippen LogP contribution < -0.4 is 5.32 Å². The van der Waals surface area contributed by atoms with E-state index in [0.29, 0.717) is 5.69 Å². The number of piperazine rings is 1. The molecule has 0 saturated carbocycles. The number of aromatic nitrogens is 2. The molecule has 116 valence electrons. The molecule has 6 heteroatoms. The molecule has 0 radical (unpaired) electrons. The van der Waals surface area contributed by atoms with Crippen LogP contribution in [0.4, 0.5) is 5.82 Å². The van der Waals surface area contributed by atoms with E-state index in [-0.39, 0.29) is 5.91 Å². The number of likely N-dealkylation sites (N-methyl/N-ethyl adjacent to an activating group) is 1. The molecule has 6 nitrogen and oxygen atoms in total. The van der Waals surface area contributed by atoms with Gasteiger partial charge in [-0.3, -0.25) is 4.79 Å². The van der Waals surface area contributed by atoms with Gasteiger partial charge in [0.05, 0.1) is 12.4 Å². The van der Waals surface area contributed by atoms with Gasteiger partial charge in [-0.1, -0.05) is 20.3 Å². The van der Waals surface area contributed by atoms with Gasteiger partial charge in [0.1, 0.15) is 11.5 Å². The number of carbonyl (C=O) groups excluding carboxylic acids is 1. The number of hydrogen-bond acceptors (Lipinski definition) is 5. The van der Waals surface area contributed by atoms with Crippen LogP contribution >= 0.6 is 0 Å². The zero-order valence-corrected chi connectivity index (χ0v) is 13.0. The molecule has 0 spiro atoms. The van der Waals surface area contributed by atoms with Crippen molar-refractivity contribution in [3.05, 3.63) is 18.1 Å². The second-order valence-corrected chi connectivity index (χ2v) is 5.29. The van der Waals surface area contributed by atoms with Gasteiger partial charge < -0.3 is 15.1 Å². The van der Waals surface area contributed by atoms with Crippen molar-refractivity contribution in [1.82, 2.24) is 19.8 Å². The Balaban J connectivity index is 1.88. The zero-order valence-electron chi connectivity index (χ0n) is 13.0. The van der Waals surface area contributed by atoms with Gasteiger partial charge in [0, 0.05) is 32.7 Å². The summed E-state index contributed by atoms with van der Waals surface area (Å²) in [5.74, 6) is 0.717. The average Bonchev–Trinajstić information content (AvgIpc) is 2.55. The van der Waals surface area contributed by atoms with E-state index in [1.807, 2.05) is 4.90 Å². The van der Waals surface area contributed by atoms with Crippen molar-refractivity contribution in [3.8, 4) is 0 Å². The topological polar surface area (TPSA) is 61.4 Å². The largest absolute Gasteiger partial charge is 0.369 e. The third kappa shape index (κ3) is 4.39. The molecule has 1 amide bonds. The summed E-state index contributed by atoms with van der Waals surface area (Å²) in [6.45, 7) is 9.63. The van der Waals surface area contributed by atoms with Crippen LogP contribution in [0.3, 0.4) is 0 Å². The summed E-state index contributed by atoms with van der Waals surface area (Å²) in [6, 6.07) is 0. The van der Waals surface area contributed by atoms with Gasteiger partial charge in [0.25, 0.3) is 5.91 Å². The normalized spacial score (nSPS) is 16.0. The number of amides is 1. The molecule has 1 saturated heterocycles. The summed E-state index contributed by atoms with van der Waals surface area (Å²) in [5.41, 5.74) is 0.431. The Bertz CT molecular complexity index is 440. The van der Waals surface area contributed by atoms with Crippen LogP contribution in [0, 0.1) is 0 Å². The minimum Gasteiger partial charge on any atom is -0.369 e. The minimum atomic E-state index is -0.0154. The molecule has 0 aromatic carbocycles. The lowest BCUT2D eigenvalue weighted by molar-refractivity contribution is 0.0637. The lowest BCUT2D eigenvalue weighted by atomic mass is 10.3. The van der Waals surface area contributed by atoms with Crippen molar-refractivity contribution in [3.63, 3.8) is 0 Å². The van der Waals surface area contributed by atoms with Crippen LogP contribution in [-0.2, 0) is 0 Å². The maximum Gasteiger partial charge on any atom is 0.274 e. The molecule has 1 aliphatic heterocycles. The zero-order chi connectivity index (χ0) is 15.1. The van der Waals surface area contributed by atoms with Crippen LogP contribution in [0.5, 0.6) is 0 Å². The number of nitrogens with zero attached hydrogens (tertiary/aromatic N) is 4. The molecule has 21 heavy (non-hydrogen) atoms. The molecule has 1 aliphatic rings. The summed E-state index contributed by atoms with van der Waals surface area (Å²) in [4.78, 5) is 25.1. The van der Waals surface area contributed by atoms with E-state index in [2.05, 4.69) is 34.0 Å². The van der Waals surface area contributed by atoms with Crippen molar-refractivity contribution >= 4 is 11.7 Å². The van der Waals surface area contributed by atoms with E-state index in [1.165, 1.54) is 0 Å². The molecule has 0 atom stereocenters. The Kier molecular flexibility index (Phi) is 5.92. The number of carbonyl (C=O) groups is 1. The number of rotatable bonds is 6. The first-order chi connectivity index (χ1) is 10.2. The summed E-state index contributed by atoms with van der Waals surface area (Å²) in [7, 11) is 0. The van der Waals surface area contributed by atoms with Gasteiger partial charge in [0.2, 0.25) is 0 Å². The molecule has 2 rings (SSSR count). The number of nitrogens with one attached hydrogen (secondary N) is 1. The first-order valence-electron chi connectivity index (χ1n) is 7.82. The fraction of sp³-hybridized carbons (Fsp3) is 0.667. The SMILES string of the molecule is CCCCNc1cnc(C(=O)N2CCN(CC)CC2)cn1. The molecule has 1 fully saturated rings. The Hall–Kier alpha value is -1.69. The number of hydrogen-bond donors (Lipinski definition) is 1. The molecule has 0 unspecified atom stereocenters. The summed E-state index contributed by atoms with van der Waals surface area (Å²) in [6.07, 6.45) is 5.46. The predicted molar refractivity (Wildman–Crippen MR) is 83.4 cm³/mol. The second-order valence-electron chi connectivity index (χ2n) is 5.29. The van der Waals surface area contributed by atoms with E-state index in [0.717, 1.165) is 57.9 Å². The highest BCUT2D eigenvalue weighted by molar-refractivity contribution is 5.92. The van der Waals surface area contributed by atoms with E-state index in [4.69, 9.17) is 0 Å². The summed E-state index contributed by atoms with van der Waals surface area (Å²) < 4.78 is 0. The van der Waals surface area contributed by atoms with Crippen molar-refractivity contribution < 1.29 is 4.79 Å². The van der Waals surface area contributed by atoms with Gasteiger partial charge in [0.15, 0.2) is 0 Å². The first-order valence-corrected chi connectivity index (χ1v) is 7.82. The van der Waals surface area contributed by atoms with Gasteiger partial charge in [-0.05, 0) is 13.0 Å². The van der Waals surface area contributed by atoms with Crippen molar-refractivity contribution in [2.75, 3.05) is 44.6 Å². The highest BCUT2D eigenvalue weighted by Crippen LogP contribution is 2.08. The van der Waals surface area contributed by atoms with Crippen LogP contribution in [-0.4, -0.2) is 64.9 Å². The van der Waals surface area contributed by atoms with E-state index < -0.39 is 0 Å². The molecular weight excluding hydrogens is 266 g/mol. The molecule has 1 aromatic rings. The maximum absolute atomic E-state index is 12.4. The molecule has 0 aliphatic carbocycles. The lowest BCUT2D eigenvalue weighted by Crippen LogP contribution is -2.48. The van der Waals surface area contributed by atoms with Crippen molar-refractivity contribution in [1.29, 1.82) is 0 Å². The third-order valence-corrected chi connectivity index (χ3v) is 3.81. The van der Waals surface area contributed by atoms with Crippen LogP contribution in [0.1, 0.15) is 37.2 Å². The fourth-order valence-corrected chi connectivity index (χ4v) is 2.35. The van der Waals surface area contributed by atoms with Crippen molar-refractivity contribution in [2.45, 2.75) is 26.7 Å². The van der Waals surface area contributed by atoms with E-state index in [9.17, 15) is 4.79 Å². The Morgan fingerprint density at radius 1 is 1.19 bits per heavy atom. The van der Waals surface area contributed by atoms with Crippen molar-refractivity contribution in [2.24, 2.45) is 0 Å². The molecule has 0 bridgehead atoms. The minimum absolute atomic E-state index is 0.0154. The van der Waals surface area contributed by atoms with E-state index in [1.54, 1.807) is 12.4 Å². The Labute approximate surface area is 126 Å². The Morgan fingerprint density at radius 2 is 1.95 bits per heavy atom. The monoisotopic (exact) mass is 291 g/mol. The highest BCUT2D eigenvalue weighted by Gasteiger charge is 2.22. The fourth-order valence-electron chi connectivity index (χ4n) is 2.35. The predicted octanol–water partition coefficient (Wildman–Crippen LogP) is 1.47. The molecule has 1 N–H and O–H groups in total. The van der Waals surface area contributed by atoms with E-state index >= 15 is 0 Å².